The first kappa shape index (κ1) is 13.6. The Kier molecular flexibility index (Phi) is 4.45. The van der Waals surface area contributed by atoms with E-state index in [1.54, 1.807) is 0 Å². The van der Waals surface area contributed by atoms with Crippen LogP contribution in [0.3, 0.4) is 0 Å². The Balaban J connectivity index is 2.27. The molecule has 2 atom stereocenters. The Bertz CT molecular complexity index is 439. The number of Topliss-reactive ketones (excluding diaryl/α,β-unsaturated/α-hetero) is 1. The summed E-state index contributed by atoms with van der Waals surface area (Å²) in [6.07, 6.45) is 5.76. The van der Waals surface area contributed by atoms with Crippen molar-refractivity contribution in [2.75, 3.05) is 0 Å². The fourth-order valence-corrected chi connectivity index (χ4v) is 3.30. The van der Waals surface area contributed by atoms with Crippen molar-refractivity contribution in [1.29, 1.82) is 0 Å². The van der Waals surface area contributed by atoms with E-state index >= 15 is 0 Å². The average Bonchev–Trinajstić information content (AvgIpc) is 2.41. The molecule has 2 rings (SSSR count). The lowest BCUT2D eigenvalue weighted by Crippen LogP contribution is -2.27. The van der Waals surface area contributed by atoms with Crippen molar-refractivity contribution in [2.45, 2.75) is 46.0 Å². The first-order valence-electron chi connectivity index (χ1n) is 6.94. The van der Waals surface area contributed by atoms with E-state index < -0.39 is 0 Å². The van der Waals surface area contributed by atoms with Gasteiger partial charge in [-0.15, -0.1) is 0 Å². The molecule has 1 saturated carbocycles. The molecule has 18 heavy (non-hydrogen) atoms. The molecule has 1 aliphatic carbocycles. The third-order valence-electron chi connectivity index (χ3n) is 4.23. The fraction of sp³-hybridized carbons (Fsp3) is 0.562. The van der Waals surface area contributed by atoms with Crippen LogP contribution < -0.4 is 0 Å². The van der Waals surface area contributed by atoms with Gasteiger partial charge in [-0.3, -0.25) is 4.79 Å². The van der Waals surface area contributed by atoms with Gasteiger partial charge in [0, 0.05) is 11.5 Å². The topological polar surface area (TPSA) is 17.1 Å². The summed E-state index contributed by atoms with van der Waals surface area (Å²) >= 11 is 6.28. The number of carbonyl (C=O) groups excluding carboxylic acids is 1. The van der Waals surface area contributed by atoms with Crippen molar-refractivity contribution in [3.05, 3.63) is 34.3 Å². The van der Waals surface area contributed by atoms with E-state index in [1.807, 2.05) is 25.1 Å². The van der Waals surface area contributed by atoms with Crippen molar-refractivity contribution in [3.8, 4) is 0 Å². The van der Waals surface area contributed by atoms with Gasteiger partial charge in [0.05, 0.1) is 5.02 Å². The second-order valence-electron chi connectivity index (χ2n) is 5.36. The summed E-state index contributed by atoms with van der Waals surface area (Å²) in [7, 11) is 0. The first-order valence-corrected chi connectivity index (χ1v) is 7.32. The van der Waals surface area contributed by atoms with Gasteiger partial charge in [-0.05, 0) is 37.3 Å². The van der Waals surface area contributed by atoms with Gasteiger partial charge < -0.3 is 0 Å². The fourth-order valence-electron chi connectivity index (χ4n) is 3.08. The molecule has 0 spiro atoms. The molecule has 1 aromatic rings. The summed E-state index contributed by atoms with van der Waals surface area (Å²) in [5.41, 5.74) is 1.72. The molecular weight excluding hydrogens is 244 g/mol. The van der Waals surface area contributed by atoms with Crippen LogP contribution in [0, 0.1) is 18.8 Å². The third-order valence-corrected chi connectivity index (χ3v) is 4.73. The second-order valence-corrected chi connectivity index (χ2v) is 5.74. The summed E-state index contributed by atoms with van der Waals surface area (Å²) < 4.78 is 0. The summed E-state index contributed by atoms with van der Waals surface area (Å²) in [6.45, 7) is 4.14. The van der Waals surface area contributed by atoms with Gasteiger partial charge in [0.2, 0.25) is 0 Å². The van der Waals surface area contributed by atoms with Crippen LogP contribution in [0.5, 0.6) is 0 Å². The normalized spacial score (nSPS) is 23.9. The second kappa shape index (κ2) is 5.88. The molecule has 0 aliphatic heterocycles. The highest BCUT2D eigenvalue weighted by Gasteiger charge is 2.31. The summed E-state index contributed by atoms with van der Waals surface area (Å²) in [6, 6.07) is 5.76. The van der Waals surface area contributed by atoms with E-state index in [9.17, 15) is 4.79 Å². The average molecular weight is 265 g/mol. The van der Waals surface area contributed by atoms with Gasteiger partial charge in [-0.25, -0.2) is 0 Å². The van der Waals surface area contributed by atoms with Crippen LogP contribution in [0.15, 0.2) is 18.2 Å². The van der Waals surface area contributed by atoms with Crippen LogP contribution in [-0.2, 0) is 0 Å². The van der Waals surface area contributed by atoms with Gasteiger partial charge in [0.1, 0.15) is 0 Å². The Morgan fingerprint density at radius 2 is 2.06 bits per heavy atom. The molecule has 1 aromatic carbocycles. The Hall–Kier alpha value is -0.820. The Labute approximate surface area is 115 Å². The molecular formula is C16H21ClO. The molecule has 2 unspecified atom stereocenters. The Morgan fingerprint density at radius 1 is 1.33 bits per heavy atom. The number of hydrogen-bond acceptors (Lipinski definition) is 1. The number of ketones is 1. The van der Waals surface area contributed by atoms with Crippen molar-refractivity contribution in [2.24, 2.45) is 11.8 Å². The van der Waals surface area contributed by atoms with Gasteiger partial charge in [-0.1, -0.05) is 49.9 Å². The molecule has 0 amide bonds. The number of hydrogen-bond donors (Lipinski definition) is 0. The van der Waals surface area contributed by atoms with Gasteiger partial charge in [-0.2, -0.15) is 0 Å². The molecule has 1 nitrogen and oxygen atoms in total. The van der Waals surface area contributed by atoms with E-state index in [1.165, 1.54) is 19.3 Å². The highest BCUT2D eigenvalue weighted by molar-refractivity contribution is 6.34. The highest BCUT2D eigenvalue weighted by atomic mass is 35.5. The number of carbonyl (C=O) groups is 1. The summed E-state index contributed by atoms with van der Waals surface area (Å²) in [4.78, 5) is 12.7. The van der Waals surface area contributed by atoms with E-state index in [2.05, 4.69) is 6.92 Å². The molecule has 0 heterocycles. The zero-order valence-electron chi connectivity index (χ0n) is 11.2. The largest absolute Gasteiger partial charge is 0.294 e. The maximum absolute atomic E-state index is 12.7. The molecule has 1 fully saturated rings. The van der Waals surface area contributed by atoms with Crippen molar-refractivity contribution in [3.63, 3.8) is 0 Å². The minimum Gasteiger partial charge on any atom is -0.294 e. The van der Waals surface area contributed by atoms with Gasteiger partial charge in [0.25, 0.3) is 0 Å². The van der Waals surface area contributed by atoms with Crippen LogP contribution in [0.1, 0.15) is 54.9 Å². The van der Waals surface area contributed by atoms with E-state index in [-0.39, 0.29) is 11.7 Å². The summed E-state index contributed by atoms with van der Waals surface area (Å²) in [5, 5.41) is 0.642. The minimum absolute atomic E-state index is 0.183. The maximum atomic E-state index is 12.7. The van der Waals surface area contributed by atoms with Crippen LogP contribution in [0.4, 0.5) is 0 Å². The molecule has 98 valence electrons. The molecule has 2 heteroatoms. The van der Waals surface area contributed by atoms with Crippen molar-refractivity contribution in [1.82, 2.24) is 0 Å². The van der Waals surface area contributed by atoms with Crippen LogP contribution in [-0.4, -0.2) is 5.78 Å². The maximum Gasteiger partial charge on any atom is 0.167 e. The SMILES string of the molecule is CCC1CCCCC1C(=O)c1cccc(C)c1Cl. The monoisotopic (exact) mass is 264 g/mol. The van der Waals surface area contributed by atoms with E-state index in [4.69, 9.17) is 11.6 Å². The highest BCUT2D eigenvalue weighted by Crippen LogP contribution is 2.36. The zero-order chi connectivity index (χ0) is 13.1. The predicted octanol–water partition coefficient (Wildman–Crippen LogP) is 5.05. The molecule has 0 saturated heterocycles. The zero-order valence-corrected chi connectivity index (χ0v) is 12.0. The van der Waals surface area contributed by atoms with Crippen LogP contribution in [0.25, 0.3) is 0 Å². The molecule has 0 bridgehead atoms. The van der Waals surface area contributed by atoms with Crippen LogP contribution in [0.2, 0.25) is 5.02 Å². The van der Waals surface area contributed by atoms with Gasteiger partial charge in [0.15, 0.2) is 5.78 Å². The lowest BCUT2D eigenvalue weighted by Gasteiger charge is -2.30. The lowest BCUT2D eigenvalue weighted by molar-refractivity contribution is 0.0820. The smallest absolute Gasteiger partial charge is 0.167 e. The minimum atomic E-state index is 0.183. The molecule has 0 N–H and O–H groups in total. The van der Waals surface area contributed by atoms with Crippen molar-refractivity contribution >= 4 is 17.4 Å². The van der Waals surface area contributed by atoms with E-state index in [0.29, 0.717) is 10.9 Å². The summed E-state index contributed by atoms with van der Waals surface area (Å²) in [5.74, 6) is 0.987. The number of aryl methyl sites for hydroxylation is 1. The standard InChI is InChI=1S/C16H21ClO/c1-3-12-8-4-5-9-13(12)16(18)14-10-6-7-11(2)15(14)17/h6-7,10,12-13H,3-5,8-9H2,1-2H3. The molecule has 0 radical (unpaired) electrons. The number of halogens is 1. The van der Waals surface area contributed by atoms with E-state index in [0.717, 1.165) is 24.0 Å². The molecule has 0 aromatic heterocycles. The third kappa shape index (κ3) is 2.61. The van der Waals surface area contributed by atoms with Crippen LogP contribution >= 0.6 is 11.6 Å². The quantitative estimate of drug-likeness (QED) is 0.699. The van der Waals surface area contributed by atoms with Crippen molar-refractivity contribution < 1.29 is 4.79 Å². The Morgan fingerprint density at radius 3 is 2.78 bits per heavy atom. The number of benzene rings is 1. The number of rotatable bonds is 3. The predicted molar refractivity (Wildman–Crippen MR) is 76.3 cm³/mol. The van der Waals surface area contributed by atoms with Gasteiger partial charge >= 0.3 is 0 Å². The molecule has 1 aliphatic rings. The first-order chi connectivity index (χ1) is 8.65. The lowest BCUT2D eigenvalue weighted by atomic mass is 9.74.